The summed E-state index contributed by atoms with van der Waals surface area (Å²) >= 11 is 3.68. The lowest BCUT2D eigenvalue weighted by Crippen LogP contribution is -2.43. The molecule has 39 heavy (non-hydrogen) atoms. The highest BCUT2D eigenvalue weighted by Gasteiger charge is 2.48. The molecule has 1 fully saturated rings. The van der Waals surface area contributed by atoms with Crippen molar-refractivity contribution in [3.8, 4) is 5.75 Å². The maximum absolute atomic E-state index is 6.85. The molecule has 0 N–H and O–H groups in total. The summed E-state index contributed by atoms with van der Waals surface area (Å²) in [6, 6.07) is 39.5. The second kappa shape index (κ2) is 13.0. The average Bonchev–Trinajstić information content (AvgIpc) is 3.53. The van der Waals surface area contributed by atoms with E-state index in [4.69, 9.17) is 9.47 Å². The minimum absolute atomic E-state index is 0.221. The molecule has 0 heterocycles. The lowest BCUT2D eigenvalue weighted by Gasteiger charge is -2.46. The van der Waals surface area contributed by atoms with E-state index in [0.717, 1.165) is 23.1 Å². The number of rotatable bonds is 11. The molecule has 4 aromatic rings. The van der Waals surface area contributed by atoms with Gasteiger partial charge in [0.1, 0.15) is 11.4 Å². The van der Waals surface area contributed by atoms with E-state index in [1.165, 1.54) is 47.9 Å². The average molecular weight is 584 g/mol. The summed E-state index contributed by atoms with van der Waals surface area (Å²) in [7, 11) is 3.63. The predicted molar refractivity (Wildman–Crippen MR) is 164 cm³/mol. The Labute approximate surface area is 242 Å². The van der Waals surface area contributed by atoms with E-state index < -0.39 is 5.60 Å². The van der Waals surface area contributed by atoms with Gasteiger partial charge in [-0.05, 0) is 84.0 Å². The molecule has 0 aliphatic heterocycles. The number of benzene rings is 4. The number of halogens is 1. The van der Waals surface area contributed by atoms with Crippen molar-refractivity contribution in [1.29, 1.82) is 0 Å². The normalized spacial score (nSPS) is 15.7. The molecule has 0 bridgehead atoms. The van der Waals surface area contributed by atoms with Gasteiger partial charge in [0.2, 0.25) is 0 Å². The van der Waals surface area contributed by atoms with E-state index in [2.05, 4.69) is 125 Å². The first-order chi connectivity index (χ1) is 19.2. The van der Waals surface area contributed by atoms with Crippen LogP contribution in [0.2, 0.25) is 0 Å². The van der Waals surface area contributed by atoms with Crippen LogP contribution in [0.25, 0.3) is 0 Å². The number of hydrogen-bond acceptors (Lipinski definition) is 2. The van der Waals surface area contributed by atoms with Gasteiger partial charge in [-0.2, -0.15) is 0 Å². The fraction of sp³-hybridized carbons (Fsp3) is 0.333. The molecule has 1 aliphatic rings. The zero-order valence-corrected chi connectivity index (χ0v) is 24.6. The van der Waals surface area contributed by atoms with Crippen molar-refractivity contribution in [2.24, 2.45) is 11.8 Å². The van der Waals surface area contributed by atoms with Crippen LogP contribution < -0.4 is 4.74 Å². The van der Waals surface area contributed by atoms with Gasteiger partial charge in [-0.3, -0.25) is 0 Å². The highest BCUT2D eigenvalue weighted by Crippen LogP contribution is 2.53. The maximum atomic E-state index is 6.85. The Morgan fingerprint density at radius 2 is 1.31 bits per heavy atom. The van der Waals surface area contributed by atoms with Crippen molar-refractivity contribution < 1.29 is 9.47 Å². The maximum Gasteiger partial charge on any atom is 0.121 e. The Morgan fingerprint density at radius 1 is 0.744 bits per heavy atom. The Kier molecular flexibility index (Phi) is 9.21. The highest BCUT2D eigenvalue weighted by atomic mass is 79.9. The molecule has 1 saturated carbocycles. The van der Waals surface area contributed by atoms with Gasteiger partial charge >= 0.3 is 0 Å². The fourth-order valence-electron chi connectivity index (χ4n) is 6.94. The summed E-state index contributed by atoms with van der Waals surface area (Å²) in [6.07, 6.45) is 7.12. The lowest BCUT2D eigenvalue weighted by atomic mass is 9.63. The molecule has 5 rings (SSSR count). The number of ether oxygens (including phenoxy) is 2. The van der Waals surface area contributed by atoms with E-state index >= 15 is 0 Å². The molecule has 0 radical (unpaired) electrons. The minimum atomic E-state index is -0.588. The van der Waals surface area contributed by atoms with Crippen LogP contribution in [0.1, 0.15) is 60.3 Å². The molecule has 2 nitrogen and oxygen atoms in total. The molecule has 0 saturated heterocycles. The third-order valence-corrected chi connectivity index (χ3v) is 9.28. The first kappa shape index (κ1) is 27.7. The molecule has 202 valence electrons. The molecule has 4 aromatic carbocycles. The van der Waals surface area contributed by atoms with Crippen LogP contribution in [0.5, 0.6) is 5.75 Å². The second-order valence-corrected chi connectivity index (χ2v) is 11.7. The Morgan fingerprint density at radius 3 is 1.82 bits per heavy atom. The van der Waals surface area contributed by atoms with E-state index in [0.29, 0.717) is 11.8 Å². The van der Waals surface area contributed by atoms with Gasteiger partial charge in [-0.1, -0.05) is 114 Å². The second-order valence-electron chi connectivity index (χ2n) is 10.8. The van der Waals surface area contributed by atoms with E-state index in [-0.39, 0.29) is 5.92 Å². The first-order valence-corrected chi connectivity index (χ1v) is 15.0. The van der Waals surface area contributed by atoms with Gasteiger partial charge in [0, 0.05) is 17.5 Å². The zero-order chi connectivity index (χ0) is 27.1. The monoisotopic (exact) mass is 582 g/mol. The fourth-order valence-corrected chi connectivity index (χ4v) is 7.20. The quantitative estimate of drug-likeness (QED) is 0.175. The molecule has 1 aliphatic carbocycles. The van der Waals surface area contributed by atoms with Crippen LogP contribution in [-0.2, 0) is 16.8 Å². The molecular weight excluding hydrogens is 544 g/mol. The van der Waals surface area contributed by atoms with Crippen molar-refractivity contribution in [3.05, 3.63) is 136 Å². The third kappa shape index (κ3) is 6.00. The van der Waals surface area contributed by atoms with Crippen LogP contribution in [-0.4, -0.2) is 14.2 Å². The van der Waals surface area contributed by atoms with Gasteiger partial charge in [0.15, 0.2) is 0 Å². The van der Waals surface area contributed by atoms with Crippen molar-refractivity contribution in [1.82, 2.24) is 0 Å². The summed E-state index contributed by atoms with van der Waals surface area (Å²) in [5.41, 5.74) is 4.60. The number of hydrogen-bond donors (Lipinski definition) is 0. The third-order valence-electron chi connectivity index (χ3n) is 8.75. The Balaban J connectivity index is 1.68. The van der Waals surface area contributed by atoms with Crippen molar-refractivity contribution >= 4 is 15.9 Å². The summed E-state index contributed by atoms with van der Waals surface area (Å²) in [4.78, 5) is 0. The number of aryl methyl sites for hydroxylation is 1. The van der Waals surface area contributed by atoms with Crippen LogP contribution >= 0.6 is 15.9 Å². The minimum Gasteiger partial charge on any atom is -0.497 e. The van der Waals surface area contributed by atoms with Gasteiger partial charge in [0.25, 0.3) is 0 Å². The SMILES string of the molecule is COc1ccc(CCC(C(c2ccc(Br)cc2)C2CCCC2)C(OC)(c2ccccc2)c2ccccc2)cc1. The van der Waals surface area contributed by atoms with Gasteiger partial charge in [0.05, 0.1) is 7.11 Å². The van der Waals surface area contributed by atoms with Crippen molar-refractivity contribution in [3.63, 3.8) is 0 Å². The van der Waals surface area contributed by atoms with Crippen LogP contribution in [0, 0.1) is 11.8 Å². The van der Waals surface area contributed by atoms with Crippen LogP contribution in [0.15, 0.2) is 114 Å². The van der Waals surface area contributed by atoms with E-state index in [1.807, 2.05) is 7.11 Å². The van der Waals surface area contributed by atoms with Gasteiger partial charge in [-0.15, -0.1) is 0 Å². The molecule has 0 amide bonds. The molecule has 0 aromatic heterocycles. The zero-order valence-electron chi connectivity index (χ0n) is 23.1. The highest BCUT2D eigenvalue weighted by molar-refractivity contribution is 9.10. The summed E-state index contributed by atoms with van der Waals surface area (Å²) < 4.78 is 13.4. The molecule has 2 unspecified atom stereocenters. The Bertz CT molecular complexity index is 1240. The lowest BCUT2D eigenvalue weighted by molar-refractivity contribution is -0.0495. The van der Waals surface area contributed by atoms with E-state index in [1.54, 1.807) is 7.11 Å². The topological polar surface area (TPSA) is 18.5 Å². The predicted octanol–water partition coefficient (Wildman–Crippen LogP) is 9.57. The van der Waals surface area contributed by atoms with Crippen LogP contribution in [0.3, 0.4) is 0 Å². The van der Waals surface area contributed by atoms with Crippen molar-refractivity contribution in [2.75, 3.05) is 14.2 Å². The Hall–Kier alpha value is -2.88. The molecule has 3 heteroatoms. The molecule has 2 atom stereocenters. The van der Waals surface area contributed by atoms with Crippen LogP contribution in [0.4, 0.5) is 0 Å². The smallest absolute Gasteiger partial charge is 0.121 e. The molecule has 0 spiro atoms. The largest absolute Gasteiger partial charge is 0.497 e. The summed E-state index contributed by atoms with van der Waals surface area (Å²) in [5, 5.41) is 0. The number of methoxy groups -OCH3 is 2. The van der Waals surface area contributed by atoms with Gasteiger partial charge < -0.3 is 9.47 Å². The summed E-state index contributed by atoms with van der Waals surface area (Å²) in [5.74, 6) is 2.10. The molecular formula is C36H39BrO2. The summed E-state index contributed by atoms with van der Waals surface area (Å²) in [6.45, 7) is 0. The van der Waals surface area contributed by atoms with E-state index in [9.17, 15) is 0 Å². The van der Waals surface area contributed by atoms with Gasteiger partial charge in [-0.25, -0.2) is 0 Å². The first-order valence-electron chi connectivity index (χ1n) is 14.2. The standard InChI is InChI=1S/C36H39BrO2/c1-38-33-24-17-27(18-25-33)19-26-34(35(28-11-9-10-12-28)29-20-22-32(37)23-21-29)36(39-2,30-13-5-3-6-14-30)31-15-7-4-8-16-31/h3-8,13-18,20-25,28,34-35H,9-12,19,26H2,1-2H3. The van der Waals surface area contributed by atoms with Crippen molar-refractivity contribution in [2.45, 2.75) is 50.0 Å².